The van der Waals surface area contributed by atoms with Gasteiger partial charge in [0, 0.05) is 24.0 Å². The molecule has 3 heterocycles. The first kappa shape index (κ1) is 9.66. The standard InChI is InChI=1S/C12H15N3O/c1-14-10-6-11(14)12(16)15(7-10)9-4-2-8(13)3-5-9/h2-5,10-11H,6-7,13H2,1H3. The highest BCUT2D eigenvalue weighted by Crippen LogP contribution is 2.34. The van der Waals surface area contributed by atoms with Gasteiger partial charge in [-0.1, -0.05) is 0 Å². The van der Waals surface area contributed by atoms with E-state index in [1.165, 1.54) is 0 Å². The van der Waals surface area contributed by atoms with Crippen LogP contribution in [-0.2, 0) is 4.79 Å². The average Bonchev–Trinajstić information content (AvgIpc) is 2.29. The molecule has 0 saturated carbocycles. The lowest BCUT2D eigenvalue weighted by atomic mass is 9.87. The predicted molar refractivity (Wildman–Crippen MR) is 63.2 cm³/mol. The molecule has 4 nitrogen and oxygen atoms in total. The van der Waals surface area contributed by atoms with Crippen molar-refractivity contribution >= 4 is 17.3 Å². The highest BCUT2D eigenvalue weighted by Gasteiger charge is 2.48. The van der Waals surface area contributed by atoms with Crippen LogP contribution in [0.25, 0.3) is 0 Å². The van der Waals surface area contributed by atoms with E-state index in [0.717, 1.165) is 24.3 Å². The molecule has 4 rings (SSSR count). The van der Waals surface area contributed by atoms with E-state index in [1.807, 2.05) is 36.2 Å². The fraction of sp³-hybridized carbons (Fsp3) is 0.417. The van der Waals surface area contributed by atoms with Gasteiger partial charge in [0.25, 0.3) is 0 Å². The maximum absolute atomic E-state index is 12.1. The van der Waals surface area contributed by atoms with E-state index in [9.17, 15) is 4.79 Å². The van der Waals surface area contributed by atoms with Crippen LogP contribution in [0, 0.1) is 0 Å². The van der Waals surface area contributed by atoms with E-state index in [-0.39, 0.29) is 11.9 Å². The molecular weight excluding hydrogens is 202 g/mol. The number of fused-ring (bicyclic) bond motifs is 2. The largest absolute Gasteiger partial charge is 0.399 e. The van der Waals surface area contributed by atoms with Crippen molar-refractivity contribution in [3.05, 3.63) is 24.3 Å². The minimum atomic E-state index is 0.0938. The van der Waals surface area contributed by atoms with Crippen molar-refractivity contribution < 1.29 is 4.79 Å². The summed E-state index contributed by atoms with van der Waals surface area (Å²) in [6, 6.07) is 8.13. The molecule has 1 amide bonds. The summed E-state index contributed by atoms with van der Waals surface area (Å²) in [5.41, 5.74) is 7.33. The second-order valence-electron chi connectivity index (χ2n) is 4.61. The summed E-state index contributed by atoms with van der Waals surface area (Å²) in [6.07, 6.45) is 1.01. The summed E-state index contributed by atoms with van der Waals surface area (Å²) in [6.45, 7) is 0.801. The number of piperidine rings is 1. The molecule has 3 fully saturated rings. The maximum atomic E-state index is 12.1. The van der Waals surface area contributed by atoms with E-state index in [1.54, 1.807) is 0 Å². The molecule has 3 aliphatic heterocycles. The van der Waals surface area contributed by atoms with Gasteiger partial charge in [0.15, 0.2) is 0 Å². The van der Waals surface area contributed by atoms with Gasteiger partial charge in [-0.05, 0) is 37.7 Å². The van der Waals surface area contributed by atoms with Crippen LogP contribution >= 0.6 is 0 Å². The lowest BCUT2D eigenvalue weighted by Crippen LogP contribution is -2.70. The Morgan fingerprint density at radius 1 is 1.31 bits per heavy atom. The molecule has 84 valence electrons. The summed E-state index contributed by atoms with van der Waals surface area (Å²) >= 11 is 0. The number of carbonyl (C=O) groups excluding carboxylic acids is 1. The first-order valence-electron chi connectivity index (χ1n) is 5.55. The molecule has 3 aliphatic rings. The third-order valence-electron chi connectivity index (χ3n) is 3.71. The number of nitrogens with two attached hydrogens (primary N) is 1. The van der Waals surface area contributed by atoms with Crippen molar-refractivity contribution in [3.8, 4) is 0 Å². The second kappa shape index (κ2) is 3.22. The number of nitrogens with zero attached hydrogens (tertiary/aromatic N) is 2. The van der Waals surface area contributed by atoms with E-state index < -0.39 is 0 Å². The van der Waals surface area contributed by atoms with Gasteiger partial charge < -0.3 is 10.6 Å². The number of piperazine rings is 1. The molecule has 2 N–H and O–H groups in total. The zero-order valence-corrected chi connectivity index (χ0v) is 9.26. The SMILES string of the molecule is CN1C2CC1C(=O)N(c1ccc(N)cc1)C2. The second-order valence-corrected chi connectivity index (χ2v) is 4.61. The van der Waals surface area contributed by atoms with Gasteiger partial charge in [0.2, 0.25) is 5.91 Å². The lowest BCUT2D eigenvalue weighted by Gasteiger charge is -2.53. The third kappa shape index (κ3) is 1.23. The van der Waals surface area contributed by atoms with Crippen LogP contribution in [0.5, 0.6) is 0 Å². The van der Waals surface area contributed by atoms with Gasteiger partial charge in [-0.3, -0.25) is 9.69 Å². The highest BCUT2D eigenvalue weighted by atomic mass is 16.2. The summed E-state index contributed by atoms with van der Waals surface area (Å²) in [4.78, 5) is 16.1. The highest BCUT2D eigenvalue weighted by molar-refractivity contribution is 5.99. The Morgan fingerprint density at radius 2 is 2.00 bits per heavy atom. The normalized spacial score (nSPS) is 29.1. The smallest absolute Gasteiger partial charge is 0.244 e. The minimum Gasteiger partial charge on any atom is -0.399 e. The minimum absolute atomic E-state index is 0.0938. The molecule has 1 aromatic carbocycles. The molecular formula is C12H15N3O. The Balaban J connectivity index is 1.86. The van der Waals surface area contributed by atoms with Gasteiger partial charge in [0.05, 0.1) is 6.04 Å². The van der Waals surface area contributed by atoms with Crippen LogP contribution in [0.4, 0.5) is 11.4 Å². The molecule has 1 aromatic rings. The first-order chi connectivity index (χ1) is 7.66. The number of hydrogen-bond donors (Lipinski definition) is 1. The Hall–Kier alpha value is -1.55. The van der Waals surface area contributed by atoms with Gasteiger partial charge in [-0.2, -0.15) is 0 Å². The topological polar surface area (TPSA) is 49.6 Å². The number of anilines is 2. The van der Waals surface area contributed by atoms with E-state index in [4.69, 9.17) is 5.73 Å². The molecule has 16 heavy (non-hydrogen) atoms. The van der Waals surface area contributed by atoms with Crippen molar-refractivity contribution in [1.29, 1.82) is 0 Å². The number of rotatable bonds is 1. The van der Waals surface area contributed by atoms with Crippen molar-refractivity contribution in [2.24, 2.45) is 0 Å². The van der Waals surface area contributed by atoms with Crippen LogP contribution < -0.4 is 10.6 Å². The number of nitrogen functional groups attached to an aromatic ring is 1. The number of benzene rings is 1. The van der Waals surface area contributed by atoms with Gasteiger partial charge >= 0.3 is 0 Å². The molecule has 0 aliphatic carbocycles. The lowest BCUT2D eigenvalue weighted by molar-refractivity contribution is -0.135. The fourth-order valence-corrected chi connectivity index (χ4v) is 2.55. The third-order valence-corrected chi connectivity index (χ3v) is 3.71. The van der Waals surface area contributed by atoms with Crippen LogP contribution in [0.3, 0.4) is 0 Å². The quantitative estimate of drug-likeness (QED) is 0.704. The molecule has 4 heteroatoms. The van der Waals surface area contributed by atoms with Crippen molar-refractivity contribution in [3.63, 3.8) is 0 Å². The molecule has 0 radical (unpaired) electrons. The van der Waals surface area contributed by atoms with Crippen molar-refractivity contribution in [2.45, 2.75) is 18.5 Å². The predicted octanol–water partition coefficient (Wildman–Crippen LogP) is 0.688. The van der Waals surface area contributed by atoms with Gasteiger partial charge in [0.1, 0.15) is 0 Å². The monoisotopic (exact) mass is 217 g/mol. The number of carbonyl (C=O) groups is 1. The van der Waals surface area contributed by atoms with Crippen molar-refractivity contribution in [1.82, 2.24) is 4.90 Å². The molecule has 2 bridgehead atoms. The summed E-state index contributed by atoms with van der Waals surface area (Å²) in [7, 11) is 2.02. The van der Waals surface area contributed by atoms with E-state index in [0.29, 0.717) is 6.04 Å². The fourth-order valence-electron chi connectivity index (χ4n) is 2.55. The van der Waals surface area contributed by atoms with E-state index in [2.05, 4.69) is 4.90 Å². The van der Waals surface area contributed by atoms with E-state index >= 15 is 0 Å². The Kier molecular flexibility index (Phi) is 1.94. The van der Waals surface area contributed by atoms with Crippen LogP contribution in [-0.4, -0.2) is 36.5 Å². The van der Waals surface area contributed by atoms with Gasteiger partial charge in [-0.15, -0.1) is 0 Å². The number of hydrogen-bond acceptors (Lipinski definition) is 3. The Morgan fingerprint density at radius 3 is 2.56 bits per heavy atom. The first-order valence-corrected chi connectivity index (χ1v) is 5.55. The zero-order chi connectivity index (χ0) is 11.3. The zero-order valence-electron chi connectivity index (χ0n) is 9.26. The molecule has 2 atom stereocenters. The Labute approximate surface area is 94.6 Å². The van der Waals surface area contributed by atoms with Crippen LogP contribution in [0.2, 0.25) is 0 Å². The number of amides is 1. The summed E-state index contributed by atoms with van der Waals surface area (Å²) < 4.78 is 0. The molecule has 0 aromatic heterocycles. The molecule has 2 unspecified atom stereocenters. The van der Waals surface area contributed by atoms with Crippen molar-refractivity contribution in [2.75, 3.05) is 24.2 Å². The maximum Gasteiger partial charge on any atom is 0.244 e. The molecule has 3 saturated heterocycles. The summed E-state index contributed by atoms with van der Waals surface area (Å²) in [5.74, 6) is 0.217. The average molecular weight is 217 g/mol. The summed E-state index contributed by atoms with van der Waals surface area (Å²) in [5, 5.41) is 0. The Bertz CT molecular complexity index is 428. The number of likely N-dealkylation sites (N-methyl/N-ethyl adjacent to an activating group) is 1. The van der Waals surface area contributed by atoms with Crippen LogP contribution in [0.15, 0.2) is 24.3 Å². The molecule has 0 spiro atoms. The van der Waals surface area contributed by atoms with Crippen LogP contribution in [0.1, 0.15) is 6.42 Å². The van der Waals surface area contributed by atoms with Gasteiger partial charge in [-0.25, -0.2) is 0 Å².